The molecule has 0 spiro atoms. The maximum absolute atomic E-state index is 4.40. The molecule has 0 amide bonds. The van der Waals surface area contributed by atoms with Crippen LogP contribution in [-0.4, -0.2) is 26.2 Å². The van der Waals surface area contributed by atoms with Gasteiger partial charge in [0.15, 0.2) is 0 Å². The highest BCUT2D eigenvalue weighted by Gasteiger charge is 2.29. The quantitative estimate of drug-likeness (QED) is 0.849. The van der Waals surface area contributed by atoms with Crippen LogP contribution in [0.1, 0.15) is 48.6 Å². The summed E-state index contributed by atoms with van der Waals surface area (Å²) in [4.78, 5) is 2.60. The van der Waals surface area contributed by atoms with Gasteiger partial charge in [0, 0.05) is 25.6 Å². The van der Waals surface area contributed by atoms with Crippen LogP contribution in [0.5, 0.6) is 0 Å². The summed E-state index contributed by atoms with van der Waals surface area (Å²) in [5, 5.41) is 8.73. The van der Waals surface area contributed by atoms with Gasteiger partial charge in [-0.15, -0.1) is 10.2 Å². The fraction of sp³-hybridized carbons (Fsp3) is 0.529. The first-order valence-corrected chi connectivity index (χ1v) is 8.09. The third kappa shape index (κ3) is 2.18. The Morgan fingerprint density at radius 3 is 3.00 bits per heavy atom. The van der Waals surface area contributed by atoms with Crippen molar-refractivity contribution in [3.05, 3.63) is 47.0 Å². The molecule has 21 heavy (non-hydrogen) atoms. The van der Waals surface area contributed by atoms with Crippen molar-refractivity contribution in [1.82, 2.24) is 19.7 Å². The Balaban J connectivity index is 1.62. The molecule has 0 bridgehead atoms. The zero-order chi connectivity index (χ0) is 14.2. The van der Waals surface area contributed by atoms with Crippen LogP contribution in [0.3, 0.4) is 0 Å². The summed E-state index contributed by atoms with van der Waals surface area (Å²) in [5.74, 6) is 2.27. The number of aromatic nitrogens is 3. The summed E-state index contributed by atoms with van der Waals surface area (Å²) in [7, 11) is 0. The van der Waals surface area contributed by atoms with E-state index in [9.17, 15) is 0 Å². The van der Waals surface area contributed by atoms with Crippen molar-refractivity contribution >= 4 is 0 Å². The molecule has 0 fully saturated rings. The number of rotatable bonds is 2. The van der Waals surface area contributed by atoms with Crippen molar-refractivity contribution in [3.8, 4) is 0 Å². The second-order valence-electron chi connectivity index (χ2n) is 6.11. The fourth-order valence-corrected chi connectivity index (χ4v) is 3.87. The maximum Gasteiger partial charge on any atom is 0.147 e. The molecular formula is C17H22N4. The summed E-state index contributed by atoms with van der Waals surface area (Å²) < 4.78 is 2.31. The molecule has 1 aromatic carbocycles. The predicted octanol–water partition coefficient (Wildman–Crippen LogP) is 2.73. The lowest BCUT2D eigenvalue weighted by Gasteiger charge is -2.38. The van der Waals surface area contributed by atoms with Gasteiger partial charge in [0.25, 0.3) is 0 Å². The molecule has 2 aromatic rings. The Morgan fingerprint density at radius 2 is 2.10 bits per heavy atom. The van der Waals surface area contributed by atoms with E-state index in [2.05, 4.69) is 50.9 Å². The summed E-state index contributed by atoms with van der Waals surface area (Å²) in [6, 6.07) is 9.52. The number of hydrogen-bond donors (Lipinski definition) is 0. The molecule has 2 aliphatic rings. The van der Waals surface area contributed by atoms with Crippen molar-refractivity contribution in [2.24, 2.45) is 0 Å². The normalized spacial score (nSPS) is 21.9. The Bertz CT molecular complexity index is 646. The third-order valence-electron chi connectivity index (χ3n) is 4.95. The molecule has 1 aliphatic heterocycles. The maximum atomic E-state index is 4.40. The van der Waals surface area contributed by atoms with Crippen molar-refractivity contribution < 1.29 is 0 Å². The zero-order valence-electron chi connectivity index (χ0n) is 12.6. The van der Waals surface area contributed by atoms with E-state index in [-0.39, 0.29) is 0 Å². The van der Waals surface area contributed by atoms with Gasteiger partial charge in [-0.1, -0.05) is 31.2 Å². The summed E-state index contributed by atoms with van der Waals surface area (Å²) in [6.07, 6.45) is 4.77. The molecule has 4 nitrogen and oxygen atoms in total. The molecule has 0 N–H and O–H groups in total. The number of nitrogens with zero attached hydrogens (tertiary/aromatic N) is 4. The lowest BCUT2D eigenvalue weighted by molar-refractivity contribution is 0.137. The predicted molar refractivity (Wildman–Crippen MR) is 81.9 cm³/mol. The summed E-state index contributed by atoms with van der Waals surface area (Å²) in [5.41, 5.74) is 3.07. The number of aryl methyl sites for hydroxylation is 2. The van der Waals surface area contributed by atoms with E-state index in [0.717, 1.165) is 37.7 Å². The molecule has 0 saturated heterocycles. The monoisotopic (exact) mass is 282 g/mol. The Hall–Kier alpha value is -1.68. The second-order valence-corrected chi connectivity index (χ2v) is 6.11. The fourth-order valence-electron chi connectivity index (χ4n) is 3.87. The van der Waals surface area contributed by atoms with E-state index < -0.39 is 0 Å². The Kier molecular flexibility index (Phi) is 3.26. The van der Waals surface area contributed by atoms with Crippen LogP contribution in [0, 0.1) is 0 Å². The minimum Gasteiger partial charge on any atom is -0.313 e. The standard InChI is InChI=1S/C17H22N4/c1-2-16-18-19-17-12-20(10-11-21(16)17)15-9-5-7-13-6-3-4-8-14(13)15/h3-4,6,8,15H,2,5,7,9-12H2,1H3. The zero-order valence-corrected chi connectivity index (χ0v) is 12.6. The van der Waals surface area contributed by atoms with E-state index >= 15 is 0 Å². The van der Waals surface area contributed by atoms with Gasteiger partial charge in [-0.3, -0.25) is 4.90 Å². The van der Waals surface area contributed by atoms with Gasteiger partial charge in [-0.25, -0.2) is 0 Å². The molecule has 0 saturated carbocycles. The van der Waals surface area contributed by atoms with Crippen LogP contribution in [0.25, 0.3) is 0 Å². The van der Waals surface area contributed by atoms with Crippen LogP contribution >= 0.6 is 0 Å². The summed E-state index contributed by atoms with van der Waals surface area (Å²) >= 11 is 0. The molecule has 1 unspecified atom stereocenters. The molecule has 4 rings (SSSR count). The van der Waals surface area contributed by atoms with Gasteiger partial charge in [0.1, 0.15) is 11.6 Å². The molecule has 1 aromatic heterocycles. The average Bonchev–Trinajstić information content (AvgIpc) is 2.96. The van der Waals surface area contributed by atoms with Crippen molar-refractivity contribution in [1.29, 1.82) is 0 Å². The van der Waals surface area contributed by atoms with Crippen LogP contribution in [-0.2, 0) is 25.9 Å². The van der Waals surface area contributed by atoms with Gasteiger partial charge in [-0.2, -0.15) is 0 Å². The molecule has 110 valence electrons. The van der Waals surface area contributed by atoms with E-state index in [4.69, 9.17) is 0 Å². The SMILES string of the molecule is CCc1nnc2n1CCN(C1CCCc3ccccc31)C2. The van der Waals surface area contributed by atoms with E-state index in [0.29, 0.717) is 6.04 Å². The van der Waals surface area contributed by atoms with Crippen molar-refractivity contribution in [3.63, 3.8) is 0 Å². The average molecular weight is 282 g/mol. The smallest absolute Gasteiger partial charge is 0.147 e. The van der Waals surface area contributed by atoms with Gasteiger partial charge in [0.05, 0.1) is 6.54 Å². The van der Waals surface area contributed by atoms with E-state index in [1.807, 2.05) is 0 Å². The minimum atomic E-state index is 0.561. The van der Waals surface area contributed by atoms with Gasteiger partial charge >= 0.3 is 0 Å². The third-order valence-corrected chi connectivity index (χ3v) is 4.95. The van der Waals surface area contributed by atoms with E-state index in [1.54, 1.807) is 0 Å². The number of benzene rings is 1. The summed E-state index contributed by atoms with van der Waals surface area (Å²) in [6.45, 7) is 5.23. The highest BCUT2D eigenvalue weighted by atomic mass is 15.3. The molecular weight excluding hydrogens is 260 g/mol. The van der Waals surface area contributed by atoms with Crippen LogP contribution in [0.15, 0.2) is 24.3 Å². The lowest BCUT2D eigenvalue weighted by Crippen LogP contribution is -2.38. The highest BCUT2D eigenvalue weighted by molar-refractivity contribution is 5.32. The van der Waals surface area contributed by atoms with Crippen molar-refractivity contribution in [2.45, 2.75) is 51.7 Å². The first-order chi connectivity index (χ1) is 10.4. The Labute approximate surface area is 125 Å². The minimum absolute atomic E-state index is 0.561. The molecule has 1 aliphatic carbocycles. The van der Waals surface area contributed by atoms with Gasteiger partial charge in [0.2, 0.25) is 0 Å². The van der Waals surface area contributed by atoms with Crippen LogP contribution in [0.4, 0.5) is 0 Å². The van der Waals surface area contributed by atoms with Crippen LogP contribution in [0.2, 0.25) is 0 Å². The van der Waals surface area contributed by atoms with Gasteiger partial charge < -0.3 is 4.57 Å². The number of hydrogen-bond acceptors (Lipinski definition) is 3. The highest BCUT2D eigenvalue weighted by Crippen LogP contribution is 2.35. The molecule has 0 radical (unpaired) electrons. The molecule has 4 heteroatoms. The topological polar surface area (TPSA) is 34.0 Å². The number of fused-ring (bicyclic) bond motifs is 2. The lowest BCUT2D eigenvalue weighted by atomic mass is 9.86. The van der Waals surface area contributed by atoms with Gasteiger partial charge in [-0.05, 0) is 30.4 Å². The first-order valence-electron chi connectivity index (χ1n) is 8.09. The van der Waals surface area contributed by atoms with Crippen molar-refractivity contribution in [2.75, 3.05) is 6.54 Å². The Morgan fingerprint density at radius 1 is 1.19 bits per heavy atom. The van der Waals surface area contributed by atoms with Crippen LogP contribution < -0.4 is 0 Å². The first kappa shape index (κ1) is 13.0. The van der Waals surface area contributed by atoms with E-state index in [1.165, 1.54) is 30.4 Å². The molecule has 2 heterocycles. The largest absolute Gasteiger partial charge is 0.313 e. The molecule has 1 atom stereocenters. The second kappa shape index (κ2) is 5.26.